The van der Waals surface area contributed by atoms with Crippen LogP contribution in [0.5, 0.6) is 5.75 Å². The molecule has 1 aromatic rings. The molecule has 2 N–H and O–H groups in total. The molecular formula is C17H28N2O2. The van der Waals surface area contributed by atoms with Crippen LogP contribution in [0.15, 0.2) is 18.2 Å². The van der Waals surface area contributed by atoms with Crippen LogP contribution in [0.4, 0.5) is 5.69 Å². The molecule has 1 aliphatic rings. The number of ether oxygens (including phenoxy) is 2. The van der Waals surface area contributed by atoms with Gasteiger partial charge in [-0.1, -0.05) is 13.0 Å². The maximum atomic E-state index is 5.94. The minimum absolute atomic E-state index is 0.296. The number of methoxy groups -OCH3 is 1. The van der Waals surface area contributed by atoms with Crippen molar-refractivity contribution in [3.05, 3.63) is 23.8 Å². The van der Waals surface area contributed by atoms with E-state index in [2.05, 4.69) is 42.7 Å². The van der Waals surface area contributed by atoms with Crippen molar-refractivity contribution in [3.63, 3.8) is 0 Å². The third-order valence-corrected chi connectivity index (χ3v) is 3.87. The first kappa shape index (κ1) is 16.1. The molecule has 0 amide bonds. The topological polar surface area (TPSA) is 42.5 Å². The van der Waals surface area contributed by atoms with E-state index >= 15 is 0 Å². The lowest BCUT2D eigenvalue weighted by Crippen LogP contribution is -2.31. The number of hydrogen-bond acceptors (Lipinski definition) is 4. The monoisotopic (exact) mass is 292 g/mol. The summed E-state index contributed by atoms with van der Waals surface area (Å²) in [6, 6.07) is 6.95. The summed E-state index contributed by atoms with van der Waals surface area (Å²) in [4.78, 5) is 0. The van der Waals surface area contributed by atoms with Crippen LogP contribution < -0.4 is 15.4 Å². The zero-order chi connectivity index (χ0) is 15.1. The summed E-state index contributed by atoms with van der Waals surface area (Å²) in [6.07, 6.45) is 3.42. The molecule has 0 aliphatic carbocycles. The molecule has 0 saturated carbocycles. The van der Waals surface area contributed by atoms with Crippen LogP contribution in [0.1, 0.15) is 32.3 Å². The molecule has 0 saturated heterocycles. The van der Waals surface area contributed by atoms with E-state index in [0.717, 1.165) is 50.4 Å². The second-order valence-electron chi connectivity index (χ2n) is 5.77. The van der Waals surface area contributed by atoms with Crippen LogP contribution in [-0.4, -0.2) is 39.0 Å². The molecule has 0 radical (unpaired) electrons. The first-order chi connectivity index (χ1) is 10.2. The highest BCUT2D eigenvalue weighted by Gasteiger charge is 2.17. The first-order valence-electron chi connectivity index (χ1n) is 7.98. The van der Waals surface area contributed by atoms with E-state index < -0.39 is 0 Å². The van der Waals surface area contributed by atoms with Crippen LogP contribution in [0.3, 0.4) is 0 Å². The molecule has 0 fully saturated rings. The van der Waals surface area contributed by atoms with Gasteiger partial charge in [0.25, 0.3) is 0 Å². The van der Waals surface area contributed by atoms with Gasteiger partial charge in [0.15, 0.2) is 0 Å². The molecule has 1 heterocycles. The van der Waals surface area contributed by atoms with Gasteiger partial charge >= 0.3 is 0 Å². The van der Waals surface area contributed by atoms with Crippen LogP contribution >= 0.6 is 0 Å². The Labute approximate surface area is 128 Å². The number of benzene rings is 1. The predicted molar refractivity (Wildman–Crippen MR) is 87.3 cm³/mol. The summed E-state index contributed by atoms with van der Waals surface area (Å²) in [5.41, 5.74) is 2.47. The van der Waals surface area contributed by atoms with E-state index in [-0.39, 0.29) is 0 Å². The van der Waals surface area contributed by atoms with Crippen molar-refractivity contribution in [1.29, 1.82) is 0 Å². The fraction of sp³-hybridized carbons (Fsp3) is 0.647. The lowest BCUT2D eigenvalue weighted by Gasteiger charge is -2.27. The van der Waals surface area contributed by atoms with Gasteiger partial charge < -0.3 is 20.1 Å². The molecule has 0 spiro atoms. The number of hydrogen-bond donors (Lipinski definition) is 2. The number of nitrogens with one attached hydrogen (secondary N) is 2. The average Bonchev–Trinajstić information content (AvgIpc) is 2.51. The number of anilines is 1. The predicted octanol–water partition coefficient (Wildman–Crippen LogP) is 2.83. The molecule has 4 heteroatoms. The first-order valence-corrected chi connectivity index (χ1v) is 7.98. The fourth-order valence-electron chi connectivity index (χ4n) is 2.61. The maximum absolute atomic E-state index is 5.94. The van der Waals surface area contributed by atoms with Gasteiger partial charge in [0.1, 0.15) is 11.9 Å². The molecule has 0 aromatic heterocycles. The Kier molecular flexibility index (Phi) is 6.33. The SMILES string of the molecule is CCC1CNc2cc(CC(C)NCCCOC)ccc2O1. The van der Waals surface area contributed by atoms with E-state index in [0.29, 0.717) is 12.1 Å². The van der Waals surface area contributed by atoms with Crippen molar-refractivity contribution in [2.24, 2.45) is 0 Å². The minimum Gasteiger partial charge on any atom is -0.486 e. The molecule has 4 nitrogen and oxygen atoms in total. The van der Waals surface area contributed by atoms with Gasteiger partial charge in [0.05, 0.1) is 12.2 Å². The third kappa shape index (κ3) is 4.90. The van der Waals surface area contributed by atoms with Crippen LogP contribution in [-0.2, 0) is 11.2 Å². The van der Waals surface area contributed by atoms with Crippen molar-refractivity contribution in [3.8, 4) is 5.75 Å². The van der Waals surface area contributed by atoms with Crippen molar-refractivity contribution >= 4 is 5.69 Å². The smallest absolute Gasteiger partial charge is 0.142 e. The number of rotatable bonds is 8. The number of fused-ring (bicyclic) bond motifs is 1. The highest BCUT2D eigenvalue weighted by Crippen LogP contribution is 2.30. The van der Waals surface area contributed by atoms with Gasteiger partial charge in [0, 0.05) is 19.8 Å². The highest BCUT2D eigenvalue weighted by atomic mass is 16.5. The molecule has 1 aliphatic heterocycles. The van der Waals surface area contributed by atoms with Crippen LogP contribution in [0.25, 0.3) is 0 Å². The largest absolute Gasteiger partial charge is 0.486 e. The van der Waals surface area contributed by atoms with Crippen molar-refractivity contribution < 1.29 is 9.47 Å². The highest BCUT2D eigenvalue weighted by molar-refractivity contribution is 5.59. The summed E-state index contributed by atoms with van der Waals surface area (Å²) in [5.74, 6) is 0.984. The summed E-state index contributed by atoms with van der Waals surface area (Å²) in [6.45, 7) is 7.10. The second-order valence-corrected chi connectivity index (χ2v) is 5.77. The second kappa shape index (κ2) is 8.25. The molecule has 21 heavy (non-hydrogen) atoms. The summed E-state index contributed by atoms with van der Waals surface area (Å²) in [5, 5.41) is 7.01. The van der Waals surface area contributed by atoms with E-state index in [1.54, 1.807) is 7.11 Å². The lowest BCUT2D eigenvalue weighted by molar-refractivity contribution is 0.193. The van der Waals surface area contributed by atoms with E-state index in [1.165, 1.54) is 5.56 Å². The van der Waals surface area contributed by atoms with E-state index in [1.807, 2.05) is 0 Å². The molecule has 2 atom stereocenters. The molecule has 118 valence electrons. The zero-order valence-corrected chi connectivity index (χ0v) is 13.4. The Hall–Kier alpha value is -1.26. The lowest BCUT2D eigenvalue weighted by atomic mass is 10.0. The fourth-order valence-corrected chi connectivity index (χ4v) is 2.61. The Bertz CT molecular complexity index is 437. The molecule has 0 bridgehead atoms. The van der Waals surface area contributed by atoms with E-state index in [9.17, 15) is 0 Å². The Balaban J connectivity index is 1.84. The standard InChI is InChI=1S/C17H28N2O2/c1-4-15-12-19-16-11-14(6-7-17(16)21-15)10-13(2)18-8-5-9-20-3/h6-7,11,13,15,18-19H,4-5,8-10,12H2,1-3H3. The Morgan fingerprint density at radius 1 is 1.48 bits per heavy atom. The summed E-state index contributed by atoms with van der Waals surface area (Å²) < 4.78 is 11.0. The van der Waals surface area contributed by atoms with Crippen LogP contribution in [0.2, 0.25) is 0 Å². The third-order valence-electron chi connectivity index (χ3n) is 3.87. The Morgan fingerprint density at radius 3 is 3.10 bits per heavy atom. The molecule has 1 aromatic carbocycles. The average molecular weight is 292 g/mol. The quantitative estimate of drug-likeness (QED) is 0.723. The summed E-state index contributed by atoms with van der Waals surface area (Å²) in [7, 11) is 1.74. The van der Waals surface area contributed by atoms with E-state index in [4.69, 9.17) is 9.47 Å². The normalized spacial score (nSPS) is 18.5. The maximum Gasteiger partial charge on any atom is 0.142 e. The Morgan fingerprint density at radius 2 is 2.33 bits per heavy atom. The summed E-state index contributed by atoms with van der Waals surface area (Å²) >= 11 is 0. The minimum atomic E-state index is 0.296. The van der Waals surface area contributed by atoms with Crippen molar-refractivity contribution in [1.82, 2.24) is 5.32 Å². The molecule has 2 rings (SSSR count). The van der Waals surface area contributed by atoms with Gasteiger partial charge in [-0.15, -0.1) is 0 Å². The molecular weight excluding hydrogens is 264 g/mol. The van der Waals surface area contributed by atoms with Crippen molar-refractivity contribution in [2.75, 3.05) is 32.1 Å². The molecule has 2 unspecified atom stereocenters. The van der Waals surface area contributed by atoms with Gasteiger partial charge in [0.2, 0.25) is 0 Å². The van der Waals surface area contributed by atoms with Gasteiger partial charge in [-0.3, -0.25) is 0 Å². The van der Waals surface area contributed by atoms with Gasteiger partial charge in [-0.25, -0.2) is 0 Å². The zero-order valence-electron chi connectivity index (χ0n) is 13.4. The van der Waals surface area contributed by atoms with Gasteiger partial charge in [-0.2, -0.15) is 0 Å². The van der Waals surface area contributed by atoms with Crippen molar-refractivity contribution in [2.45, 2.75) is 45.3 Å². The van der Waals surface area contributed by atoms with Gasteiger partial charge in [-0.05, 0) is 50.4 Å². The van der Waals surface area contributed by atoms with Crippen LogP contribution in [0, 0.1) is 0 Å².